The van der Waals surface area contributed by atoms with Gasteiger partial charge in [-0.2, -0.15) is 14.9 Å². The molecule has 4 aromatic rings. The summed E-state index contributed by atoms with van der Waals surface area (Å²) in [5.74, 6) is 1.47. The first-order valence-electron chi connectivity index (χ1n) is 8.59. The lowest BCUT2D eigenvalue weighted by Crippen LogP contribution is -2.05. The molecule has 6 nitrogen and oxygen atoms in total. The van der Waals surface area contributed by atoms with Crippen LogP contribution in [-0.4, -0.2) is 26.1 Å². The Morgan fingerprint density at radius 3 is 2.74 bits per heavy atom. The van der Waals surface area contributed by atoms with Crippen molar-refractivity contribution in [2.24, 2.45) is 5.10 Å². The predicted octanol–water partition coefficient (Wildman–Crippen LogP) is 4.50. The fourth-order valence-electron chi connectivity index (χ4n) is 3.02. The van der Waals surface area contributed by atoms with Crippen molar-refractivity contribution in [2.75, 3.05) is 0 Å². The van der Waals surface area contributed by atoms with Gasteiger partial charge in [0, 0.05) is 22.7 Å². The molecule has 0 radical (unpaired) electrons. The molecule has 2 N–H and O–H groups in total. The van der Waals surface area contributed by atoms with Gasteiger partial charge in [-0.1, -0.05) is 36.4 Å². The summed E-state index contributed by atoms with van der Waals surface area (Å²) in [6, 6.07) is 14.1. The van der Waals surface area contributed by atoms with Crippen LogP contribution in [0.4, 0.5) is 0 Å². The number of aryl methyl sites for hydroxylation is 2. The van der Waals surface area contributed by atoms with Crippen LogP contribution in [0.25, 0.3) is 10.9 Å². The van der Waals surface area contributed by atoms with Gasteiger partial charge in [0.05, 0.1) is 6.21 Å². The fraction of sp³-hybridized carbons (Fsp3) is 0.150. The maximum Gasteiger partial charge on any atom is 0.216 e. The maximum atomic E-state index is 5.99. The molecule has 4 rings (SSSR count). The number of nitrogens with zero attached hydrogens (tertiary/aromatic N) is 3. The molecule has 0 unspecified atom stereocenters. The largest absolute Gasteiger partial charge is 0.485 e. The third-order valence-electron chi connectivity index (χ3n) is 4.41. The normalized spacial score (nSPS) is 11.5. The van der Waals surface area contributed by atoms with E-state index < -0.39 is 0 Å². The number of rotatable bonds is 5. The van der Waals surface area contributed by atoms with Crippen LogP contribution in [-0.2, 0) is 6.61 Å². The molecule has 2 aromatic heterocycles. The number of hydrogen-bond acceptors (Lipinski definition) is 4. The molecule has 0 saturated carbocycles. The van der Waals surface area contributed by atoms with Crippen LogP contribution in [0.15, 0.2) is 53.8 Å². The van der Waals surface area contributed by atoms with Gasteiger partial charge in [-0.15, -0.1) is 0 Å². The molecule has 136 valence electrons. The Morgan fingerprint density at radius 2 is 1.93 bits per heavy atom. The van der Waals surface area contributed by atoms with E-state index in [1.807, 2.05) is 62.5 Å². The van der Waals surface area contributed by atoms with Gasteiger partial charge in [0.1, 0.15) is 12.4 Å². The number of para-hydroxylation sites is 2. The summed E-state index contributed by atoms with van der Waals surface area (Å²) in [6.07, 6.45) is 3.69. The van der Waals surface area contributed by atoms with Gasteiger partial charge < -0.3 is 9.72 Å². The van der Waals surface area contributed by atoms with Crippen molar-refractivity contribution in [3.63, 3.8) is 0 Å². The van der Waals surface area contributed by atoms with E-state index in [9.17, 15) is 0 Å². The van der Waals surface area contributed by atoms with E-state index in [0.717, 1.165) is 33.3 Å². The second-order valence-corrected chi connectivity index (χ2v) is 6.69. The summed E-state index contributed by atoms with van der Waals surface area (Å²) >= 11 is 5.31. The third-order valence-corrected chi connectivity index (χ3v) is 4.67. The van der Waals surface area contributed by atoms with Crippen LogP contribution in [0.2, 0.25) is 0 Å². The highest BCUT2D eigenvalue weighted by Gasteiger charge is 2.09. The Morgan fingerprint density at radius 1 is 1.15 bits per heavy atom. The monoisotopic (exact) mass is 377 g/mol. The minimum absolute atomic E-state index is 0.268. The molecule has 0 aliphatic carbocycles. The highest BCUT2D eigenvalue weighted by Crippen LogP contribution is 2.23. The van der Waals surface area contributed by atoms with Gasteiger partial charge in [0.15, 0.2) is 5.82 Å². The van der Waals surface area contributed by atoms with Crippen LogP contribution in [0.1, 0.15) is 22.5 Å². The van der Waals surface area contributed by atoms with Gasteiger partial charge in [0.25, 0.3) is 0 Å². The van der Waals surface area contributed by atoms with Crippen molar-refractivity contribution in [3.8, 4) is 5.75 Å². The van der Waals surface area contributed by atoms with E-state index in [2.05, 4.69) is 20.3 Å². The Hall–Kier alpha value is -3.19. The van der Waals surface area contributed by atoms with Gasteiger partial charge >= 0.3 is 0 Å². The number of benzene rings is 2. The summed E-state index contributed by atoms with van der Waals surface area (Å²) in [5.41, 5.74) is 4.21. The topological polar surface area (TPSA) is 71.0 Å². The van der Waals surface area contributed by atoms with Gasteiger partial charge in [-0.25, -0.2) is 5.10 Å². The first kappa shape index (κ1) is 17.2. The lowest BCUT2D eigenvalue weighted by molar-refractivity contribution is 0.287. The molecule has 0 atom stereocenters. The second-order valence-electron chi connectivity index (χ2n) is 6.30. The lowest BCUT2D eigenvalue weighted by Gasteiger charge is -2.11. The average Bonchev–Trinajstić information content (AvgIpc) is 3.23. The number of aromatic nitrogens is 4. The van der Waals surface area contributed by atoms with Gasteiger partial charge in [-0.3, -0.25) is 0 Å². The summed E-state index contributed by atoms with van der Waals surface area (Å²) in [4.78, 5) is 3.23. The van der Waals surface area contributed by atoms with Crippen LogP contribution < -0.4 is 4.74 Å². The number of fused-ring (bicyclic) bond motifs is 1. The van der Waals surface area contributed by atoms with Crippen molar-refractivity contribution in [2.45, 2.75) is 20.5 Å². The van der Waals surface area contributed by atoms with Crippen molar-refractivity contribution < 1.29 is 4.74 Å². The second kappa shape index (κ2) is 7.20. The van der Waals surface area contributed by atoms with E-state index in [0.29, 0.717) is 10.6 Å². The number of hydrogen-bond donors (Lipinski definition) is 2. The number of nitrogens with one attached hydrogen (secondary N) is 2. The van der Waals surface area contributed by atoms with Crippen LogP contribution in [0.5, 0.6) is 5.75 Å². The molecule has 0 saturated heterocycles. The van der Waals surface area contributed by atoms with Crippen molar-refractivity contribution in [1.29, 1.82) is 0 Å². The minimum Gasteiger partial charge on any atom is -0.485 e. The predicted molar refractivity (Wildman–Crippen MR) is 109 cm³/mol. The highest BCUT2D eigenvalue weighted by atomic mass is 32.1. The summed E-state index contributed by atoms with van der Waals surface area (Å²) in [7, 11) is 0. The first-order valence-corrected chi connectivity index (χ1v) is 9.00. The Kier molecular flexibility index (Phi) is 4.60. The minimum atomic E-state index is 0.268. The standard InChI is InChI=1S/C20H19N5OS/c1-13-6-5-7-14(2)19(13)26-12-18-23-24-20(27)25(18)22-11-15-10-21-17-9-4-3-8-16(15)17/h3-11,21H,12H2,1-2H3,(H,24,27)/b22-11+. The van der Waals surface area contributed by atoms with E-state index in [1.165, 1.54) is 0 Å². The molecule has 2 aromatic carbocycles. The van der Waals surface area contributed by atoms with Crippen LogP contribution in [0, 0.1) is 18.6 Å². The molecule has 0 amide bonds. The molecule has 0 spiro atoms. The first-order chi connectivity index (χ1) is 13.1. The molecular formula is C20H19N5OS. The van der Waals surface area contributed by atoms with Crippen molar-refractivity contribution in [1.82, 2.24) is 19.9 Å². The summed E-state index contributed by atoms with van der Waals surface area (Å²) < 4.78 is 8.00. The number of aromatic amines is 2. The fourth-order valence-corrected chi connectivity index (χ4v) is 3.22. The van der Waals surface area contributed by atoms with Crippen LogP contribution >= 0.6 is 12.2 Å². The number of H-pyrrole nitrogens is 2. The number of ether oxygens (including phenoxy) is 1. The smallest absolute Gasteiger partial charge is 0.216 e. The van der Waals surface area contributed by atoms with E-state index in [1.54, 1.807) is 10.9 Å². The molecule has 2 heterocycles. The maximum absolute atomic E-state index is 5.99. The molecule has 7 heteroatoms. The molecular weight excluding hydrogens is 358 g/mol. The SMILES string of the molecule is Cc1cccc(C)c1OCc1n[nH]c(=S)n1/N=C/c1c[nH]c2ccccc12. The van der Waals surface area contributed by atoms with Crippen molar-refractivity contribution in [3.05, 3.63) is 75.9 Å². The molecule has 0 aliphatic rings. The molecule has 27 heavy (non-hydrogen) atoms. The zero-order valence-electron chi connectivity index (χ0n) is 15.1. The average molecular weight is 377 g/mol. The van der Waals surface area contributed by atoms with Crippen molar-refractivity contribution >= 4 is 29.3 Å². The summed E-state index contributed by atoms with van der Waals surface area (Å²) in [5, 5.41) is 12.6. The molecule has 0 aliphatic heterocycles. The van der Waals surface area contributed by atoms with Gasteiger partial charge in [0.2, 0.25) is 4.77 Å². The molecule has 0 fully saturated rings. The van der Waals surface area contributed by atoms with E-state index >= 15 is 0 Å². The Labute approximate surface area is 161 Å². The zero-order chi connectivity index (χ0) is 18.8. The Bertz CT molecular complexity index is 1160. The Balaban J connectivity index is 1.60. The molecule has 0 bridgehead atoms. The van der Waals surface area contributed by atoms with Crippen LogP contribution in [0.3, 0.4) is 0 Å². The highest BCUT2D eigenvalue weighted by molar-refractivity contribution is 7.71. The quantitative estimate of drug-likeness (QED) is 0.397. The summed E-state index contributed by atoms with van der Waals surface area (Å²) in [6.45, 7) is 4.31. The van der Waals surface area contributed by atoms with E-state index in [4.69, 9.17) is 17.0 Å². The van der Waals surface area contributed by atoms with Gasteiger partial charge in [-0.05, 0) is 43.3 Å². The zero-order valence-corrected chi connectivity index (χ0v) is 15.9. The third kappa shape index (κ3) is 3.41. The lowest BCUT2D eigenvalue weighted by atomic mass is 10.1. The van der Waals surface area contributed by atoms with E-state index in [-0.39, 0.29) is 6.61 Å².